The van der Waals surface area contributed by atoms with Crippen molar-refractivity contribution in [3.8, 4) is 11.5 Å². The Morgan fingerprint density at radius 3 is 2.70 bits per heavy atom. The van der Waals surface area contributed by atoms with Crippen LogP contribution in [0.4, 0.5) is 0 Å². The Balaban J connectivity index is 1.23. The Morgan fingerprint density at radius 1 is 1.03 bits per heavy atom. The van der Waals surface area contributed by atoms with Gasteiger partial charge in [-0.3, -0.25) is 0 Å². The largest absolute Gasteiger partial charge is 0.486 e. The smallest absolute Gasteiger partial charge is 0.277 e. The Kier molecular flexibility index (Phi) is 6.88. The molecule has 6 nitrogen and oxygen atoms in total. The zero-order valence-electron chi connectivity index (χ0n) is 16.1. The number of ether oxygens (including phenoxy) is 2. The van der Waals surface area contributed by atoms with Crippen molar-refractivity contribution >= 4 is 34.7 Å². The fourth-order valence-electron chi connectivity index (χ4n) is 2.50. The average molecular weight is 460 g/mol. The van der Waals surface area contributed by atoms with Crippen molar-refractivity contribution in [1.29, 1.82) is 0 Å². The molecule has 154 valence electrons. The Bertz CT molecular complexity index is 1100. The van der Waals surface area contributed by atoms with Gasteiger partial charge >= 0.3 is 0 Å². The van der Waals surface area contributed by atoms with Crippen LogP contribution >= 0.6 is 34.7 Å². The predicted molar refractivity (Wildman–Crippen MR) is 117 cm³/mol. The quantitative estimate of drug-likeness (QED) is 0.287. The number of aryl methyl sites for hydroxylation is 1. The van der Waals surface area contributed by atoms with Crippen LogP contribution < -0.4 is 9.47 Å². The Morgan fingerprint density at radius 2 is 1.87 bits per heavy atom. The first-order valence-corrected chi connectivity index (χ1v) is 11.3. The minimum atomic E-state index is 0.236. The fraction of sp³-hybridized carbons (Fsp3) is 0.190. The highest BCUT2D eigenvalue weighted by Crippen LogP contribution is 2.24. The number of halogens is 1. The number of thiazole rings is 1. The van der Waals surface area contributed by atoms with E-state index in [9.17, 15) is 0 Å². The summed E-state index contributed by atoms with van der Waals surface area (Å²) in [6, 6.07) is 15.1. The van der Waals surface area contributed by atoms with Gasteiger partial charge in [0.1, 0.15) is 23.1 Å². The van der Waals surface area contributed by atoms with E-state index in [0.29, 0.717) is 28.5 Å². The van der Waals surface area contributed by atoms with Crippen molar-refractivity contribution in [2.75, 3.05) is 0 Å². The molecule has 0 atom stereocenters. The minimum Gasteiger partial charge on any atom is -0.486 e. The van der Waals surface area contributed by atoms with Gasteiger partial charge in [-0.05, 0) is 48.9 Å². The van der Waals surface area contributed by atoms with E-state index in [2.05, 4.69) is 15.2 Å². The lowest BCUT2D eigenvalue weighted by molar-refractivity contribution is 0.252. The highest BCUT2D eigenvalue weighted by molar-refractivity contribution is 7.98. The van der Waals surface area contributed by atoms with Crippen LogP contribution in [0.1, 0.15) is 22.2 Å². The van der Waals surface area contributed by atoms with Crippen LogP contribution in [0.2, 0.25) is 5.02 Å². The van der Waals surface area contributed by atoms with Gasteiger partial charge < -0.3 is 13.9 Å². The normalized spacial score (nSPS) is 10.9. The molecule has 0 amide bonds. The fourth-order valence-corrected chi connectivity index (χ4v) is 4.11. The molecule has 0 fully saturated rings. The lowest BCUT2D eigenvalue weighted by Crippen LogP contribution is -1.95. The summed E-state index contributed by atoms with van der Waals surface area (Å²) < 4.78 is 17.0. The van der Waals surface area contributed by atoms with Gasteiger partial charge in [-0.1, -0.05) is 35.5 Å². The maximum atomic E-state index is 5.88. The molecular formula is C21H18ClN3O3S2. The molecule has 4 rings (SSSR count). The van der Waals surface area contributed by atoms with Gasteiger partial charge in [0.05, 0.1) is 5.69 Å². The zero-order valence-corrected chi connectivity index (χ0v) is 18.5. The summed E-state index contributed by atoms with van der Waals surface area (Å²) in [5.41, 5.74) is 2.07. The summed E-state index contributed by atoms with van der Waals surface area (Å²) in [6.07, 6.45) is 0. The summed E-state index contributed by atoms with van der Waals surface area (Å²) >= 11 is 8.88. The molecule has 2 heterocycles. The second kappa shape index (κ2) is 9.97. The molecule has 0 saturated heterocycles. The zero-order chi connectivity index (χ0) is 20.8. The highest BCUT2D eigenvalue weighted by Gasteiger charge is 2.10. The highest BCUT2D eigenvalue weighted by atomic mass is 35.5. The molecule has 2 aromatic heterocycles. The molecular weight excluding hydrogens is 442 g/mol. The molecule has 0 aliphatic carbocycles. The van der Waals surface area contributed by atoms with E-state index in [1.807, 2.05) is 48.7 Å². The van der Waals surface area contributed by atoms with E-state index in [1.165, 1.54) is 11.8 Å². The first kappa shape index (κ1) is 20.7. The first-order chi connectivity index (χ1) is 14.6. The van der Waals surface area contributed by atoms with Crippen LogP contribution in [0.5, 0.6) is 11.5 Å². The predicted octanol–water partition coefficient (Wildman–Crippen LogP) is 5.94. The number of hydrogen-bond acceptors (Lipinski definition) is 8. The van der Waals surface area contributed by atoms with Crippen molar-refractivity contribution in [3.63, 3.8) is 0 Å². The lowest BCUT2D eigenvalue weighted by atomic mass is 10.2. The van der Waals surface area contributed by atoms with E-state index < -0.39 is 0 Å². The van der Waals surface area contributed by atoms with Crippen molar-refractivity contribution in [2.45, 2.75) is 31.1 Å². The summed E-state index contributed by atoms with van der Waals surface area (Å²) in [4.78, 5) is 4.58. The van der Waals surface area contributed by atoms with Crippen molar-refractivity contribution < 1.29 is 13.9 Å². The van der Waals surface area contributed by atoms with Gasteiger partial charge in [-0.25, -0.2) is 4.98 Å². The number of benzene rings is 2. The number of thioether (sulfide) groups is 1. The SMILES string of the molecule is Cc1cccc(OCc2nnc(SCc3csc(COc4ccc(Cl)cc4)n3)o2)c1. The van der Waals surface area contributed by atoms with Crippen molar-refractivity contribution in [2.24, 2.45) is 0 Å². The van der Waals surface area contributed by atoms with Gasteiger partial charge in [-0.15, -0.1) is 21.5 Å². The van der Waals surface area contributed by atoms with Crippen LogP contribution in [-0.4, -0.2) is 15.2 Å². The number of aromatic nitrogens is 3. The number of hydrogen-bond donors (Lipinski definition) is 0. The number of nitrogens with zero attached hydrogens (tertiary/aromatic N) is 3. The number of rotatable bonds is 9. The van der Waals surface area contributed by atoms with Crippen LogP contribution in [-0.2, 0) is 19.0 Å². The van der Waals surface area contributed by atoms with Crippen molar-refractivity contribution in [3.05, 3.63) is 81.1 Å². The third-order valence-corrected chi connectivity index (χ3v) is 5.89. The summed E-state index contributed by atoms with van der Waals surface area (Å²) in [7, 11) is 0. The molecule has 0 unspecified atom stereocenters. The first-order valence-electron chi connectivity index (χ1n) is 9.10. The van der Waals surface area contributed by atoms with E-state index in [4.69, 9.17) is 25.5 Å². The van der Waals surface area contributed by atoms with Crippen LogP contribution in [0, 0.1) is 6.92 Å². The topological polar surface area (TPSA) is 70.3 Å². The van der Waals surface area contributed by atoms with E-state index in [1.54, 1.807) is 23.5 Å². The van der Waals surface area contributed by atoms with Crippen LogP contribution in [0.15, 0.2) is 63.6 Å². The summed E-state index contributed by atoms with van der Waals surface area (Å²) in [6.45, 7) is 2.67. The molecule has 0 spiro atoms. The molecule has 0 saturated carbocycles. The van der Waals surface area contributed by atoms with Gasteiger partial charge in [0, 0.05) is 16.2 Å². The summed E-state index contributed by atoms with van der Waals surface area (Å²) in [5, 5.41) is 12.2. The maximum absolute atomic E-state index is 5.88. The van der Waals surface area contributed by atoms with E-state index >= 15 is 0 Å². The minimum absolute atomic E-state index is 0.236. The molecule has 30 heavy (non-hydrogen) atoms. The Hall–Kier alpha value is -2.55. The Labute approximate surface area is 187 Å². The van der Waals surface area contributed by atoms with Crippen LogP contribution in [0.25, 0.3) is 0 Å². The molecule has 0 aliphatic rings. The van der Waals surface area contributed by atoms with Gasteiger partial charge in [-0.2, -0.15) is 0 Å². The second-order valence-corrected chi connectivity index (χ2v) is 8.64. The average Bonchev–Trinajstić information content (AvgIpc) is 3.40. The summed E-state index contributed by atoms with van der Waals surface area (Å²) in [5.74, 6) is 2.61. The van der Waals surface area contributed by atoms with Gasteiger partial charge in [0.15, 0.2) is 6.61 Å². The third-order valence-electron chi connectivity index (χ3n) is 3.92. The molecule has 2 aromatic carbocycles. The second-order valence-electron chi connectivity index (χ2n) is 6.33. The maximum Gasteiger partial charge on any atom is 0.277 e. The molecule has 0 N–H and O–H groups in total. The van der Waals surface area contributed by atoms with E-state index in [0.717, 1.165) is 27.8 Å². The monoisotopic (exact) mass is 459 g/mol. The molecule has 4 aromatic rings. The third kappa shape index (κ3) is 5.98. The van der Waals surface area contributed by atoms with Gasteiger partial charge in [0.25, 0.3) is 11.1 Å². The molecule has 0 aliphatic heterocycles. The molecule has 9 heteroatoms. The lowest BCUT2D eigenvalue weighted by Gasteiger charge is -2.03. The van der Waals surface area contributed by atoms with E-state index in [-0.39, 0.29) is 6.61 Å². The van der Waals surface area contributed by atoms with Crippen LogP contribution in [0.3, 0.4) is 0 Å². The van der Waals surface area contributed by atoms with Gasteiger partial charge in [0.2, 0.25) is 0 Å². The van der Waals surface area contributed by atoms with Crippen molar-refractivity contribution in [1.82, 2.24) is 15.2 Å². The molecule has 0 radical (unpaired) electrons. The standard InChI is InChI=1S/C21H18ClN3O3S2/c1-14-3-2-4-18(9-14)26-10-19-24-25-21(28-19)30-13-16-12-29-20(23-16)11-27-17-7-5-15(22)6-8-17/h2-9,12H,10-11,13H2,1H3. The molecule has 0 bridgehead atoms.